The molecule has 3 heteroatoms. The molecule has 0 radical (unpaired) electrons. The van der Waals surface area contributed by atoms with Crippen LogP contribution in [0.25, 0.3) is 0 Å². The van der Waals surface area contributed by atoms with E-state index in [0.29, 0.717) is 5.91 Å². The summed E-state index contributed by atoms with van der Waals surface area (Å²) in [5.41, 5.74) is 0. The van der Waals surface area contributed by atoms with Crippen LogP contribution in [0.15, 0.2) is 0 Å². The number of nitrogens with zero attached hydrogens (tertiary/aromatic N) is 1. The number of hydrogen-bond acceptors (Lipinski definition) is 2. The van der Waals surface area contributed by atoms with Gasteiger partial charge in [-0.05, 0) is 50.5 Å². The van der Waals surface area contributed by atoms with Gasteiger partial charge in [0, 0.05) is 19.6 Å². The molecule has 2 rings (SSSR count). The summed E-state index contributed by atoms with van der Waals surface area (Å²) in [5.74, 6) is 2.23. The minimum absolute atomic E-state index is 0.245. The standard InChI is InChI=1S/C15H28N2O/c1-12(2)13-6-4-9-17(10-7-13)15(18)14-5-3-8-16-11-14/h12-14,16H,3-11H2,1-2H3/t13?,14-/m0/s1. The fourth-order valence-electron chi connectivity index (χ4n) is 3.33. The van der Waals surface area contributed by atoms with Crippen molar-refractivity contribution in [2.45, 2.75) is 46.0 Å². The fraction of sp³-hybridized carbons (Fsp3) is 0.933. The summed E-state index contributed by atoms with van der Waals surface area (Å²) in [6, 6.07) is 0. The average molecular weight is 252 g/mol. The van der Waals surface area contributed by atoms with Crippen molar-refractivity contribution in [1.82, 2.24) is 10.2 Å². The molecule has 0 aromatic heterocycles. The van der Waals surface area contributed by atoms with Crippen LogP contribution in [-0.4, -0.2) is 37.0 Å². The van der Waals surface area contributed by atoms with Gasteiger partial charge < -0.3 is 10.2 Å². The van der Waals surface area contributed by atoms with E-state index in [1.165, 1.54) is 19.3 Å². The Morgan fingerprint density at radius 3 is 2.67 bits per heavy atom. The molecule has 0 bridgehead atoms. The van der Waals surface area contributed by atoms with E-state index in [1.807, 2.05) is 0 Å². The van der Waals surface area contributed by atoms with Crippen molar-refractivity contribution in [2.75, 3.05) is 26.2 Å². The van der Waals surface area contributed by atoms with Crippen LogP contribution in [0.1, 0.15) is 46.0 Å². The van der Waals surface area contributed by atoms with Crippen LogP contribution in [0.2, 0.25) is 0 Å². The first-order chi connectivity index (χ1) is 8.68. The summed E-state index contributed by atoms with van der Waals surface area (Å²) in [5, 5.41) is 3.35. The van der Waals surface area contributed by atoms with Crippen LogP contribution >= 0.6 is 0 Å². The number of rotatable bonds is 2. The molecule has 2 fully saturated rings. The number of hydrogen-bond donors (Lipinski definition) is 1. The highest BCUT2D eigenvalue weighted by Crippen LogP contribution is 2.25. The van der Waals surface area contributed by atoms with Crippen molar-refractivity contribution in [3.05, 3.63) is 0 Å². The highest BCUT2D eigenvalue weighted by molar-refractivity contribution is 5.79. The topological polar surface area (TPSA) is 32.3 Å². The van der Waals surface area contributed by atoms with Crippen LogP contribution in [0, 0.1) is 17.8 Å². The molecule has 0 aromatic carbocycles. The molecule has 1 N–H and O–H groups in total. The first-order valence-corrected chi connectivity index (χ1v) is 7.68. The van der Waals surface area contributed by atoms with Gasteiger partial charge in [-0.25, -0.2) is 0 Å². The minimum Gasteiger partial charge on any atom is -0.342 e. The Kier molecular flexibility index (Phi) is 5.04. The van der Waals surface area contributed by atoms with Crippen LogP contribution < -0.4 is 5.32 Å². The van der Waals surface area contributed by atoms with E-state index >= 15 is 0 Å². The van der Waals surface area contributed by atoms with E-state index in [9.17, 15) is 4.79 Å². The summed E-state index contributed by atoms with van der Waals surface area (Å²) in [7, 11) is 0. The zero-order valence-electron chi connectivity index (χ0n) is 12.0. The van der Waals surface area contributed by atoms with Gasteiger partial charge in [0.05, 0.1) is 5.92 Å². The quantitative estimate of drug-likeness (QED) is 0.817. The zero-order chi connectivity index (χ0) is 13.0. The first kappa shape index (κ1) is 13.9. The van der Waals surface area contributed by atoms with E-state index < -0.39 is 0 Å². The molecule has 2 aliphatic rings. The molecule has 3 nitrogen and oxygen atoms in total. The number of nitrogens with one attached hydrogen (secondary N) is 1. The monoisotopic (exact) mass is 252 g/mol. The molecular formula is C15H28N2O. The number of likely N-dealkylation sites (tertiary alicyclic amines) is 1. The molecule has 1 unspecified atom stereocenters. The predicted molar refractivity (Wildman–Crippen MR) is 74.4 cm³/mol. The maximum Gasteiger partial charge on any atom is 0.226 e. The van der Waals surface area contributed by atoms with Crippen molar-refractivity contribution >= 4 is 5.91 Å². The molecule has 2 aliphatic heterocycles. The third kappa shape index (κ3) is 3.47. The molecule has 2 saturated heterocycles. The molecule has 0 aromatic rings. The van der Waals surface area contributed by atoms with Gasteiger partial charge in [0.15, 0.2) is 0 Å². The van der Waals surface area contributed by atoms with Crippen molar-refractivity contribution in [1.29, 1.82) is 0 Å². The lowest BCUT2D eigenvalue weighted by atomic mass is 9.89. The Labute approximate surface area is 111 Å². The molecule has 1 amide bonds. The van der Waals surface area contributed by atoms with Crippen molar-refractivity contribution in [3.63, 3.8) is 0 Å². The van der Waals surface area contributed by atoms with Gasteiger partial charge in [-0.1, -0.05) is 13.8 Å². The molecule has 0 aliphatic carbocycles. The smallest absolute Gasteiger partial charge is 0.226 e. The maximum atomic E-state index is 12.5. The zero-order valence-corrected chi connectivity index (χ0v) is 12.0. The Balaban J connectivity index is 1.86. The Morgan fingerprint density at radius 2 is 2.00 bits per heavy atom. The molecule has 18 heavy (non-hydrogen) atoms. The van der Waals surface area contributed by atoms with Gasteiger partial charge in [0.2, 0.25) is 5.91 Å². The lowest BCUT2D eigenvalue weighted by Gasteiger charge is -2.29. The number of piperidine rings is 1. The maximum absolute atomic E-state index is 12.5. The van der Waals surface area contributed by atoms with Crippen LogP contribution in [0.4, 0.5) is 0 Å². The van der Waals surface area contributed by atoms with Gasteiger partial charge in [0.25, 0.3) is 0 Å². The summed E-state index contributed by atoms with van der Waals surface area (Å²) in [6.45, 7) is 8.57. The Morgan fingerprint density at radius 1 is 1.17 bits per heavy atom. The largest absolute Gasteiger partial charge is 0.342 e. The Bertz CT molecular complexity index is 272. The third-order valence-corrected chi connectivity index (χ3v) is 4.67. The van der Waals surface area contributed by atoms with Crippen LogP contribution in [0.5, 0.6) is 0 Å². The Hall–Kier alpha value is -0.570. The van der Waals surface area contributed by atoms with Gasteiger partial charge in [0.1, 0.15) is 0 Å². The lowest BCUT2D eigenvalue weighted by Crippen LogP contribution is -2.43. The van der Waals surface area contributed by atoms with Crippen LogP contribution in [-0.2, 0) is 4.79 Å². The predicted octanol–water partition coefficient (Wildman–Crippen LogP) is 2.27. The SMILES string of the molecule is CC(C)C1CCCN(C(=O)[C@H]2CCCNC2)CC1. The van der Waals surface area contributed by atoms with Crippen molar-refractivity contribution in [3.8, 4) is 0 Å². The third-order valence-electron chi connectivity index (χ3n) is 4.67. The normalized spacial score (nSPS) is 30.3. The second-order valence-corrected chi connectivity index (χ2v) is 6.30. The van der Waals surface area contributed by atoms with E-state index in [0.717, 1.165) is 50.9 Å². The minimum atomic E-state index is 0.245. The van der Waals surface area contributed by atoms with E-state index in [4.69, 9.17) is 0 Å². The summed E-state index contributed by atoms with van der Waals surface area (Å²) >= 11 is 0. The highest BCUT2D eigenvalue weighted by Gasteiger charge is 2.28. The van der Waals surface area contributed by atoms with Gasteiger partial charge >= 0.3 is 0 Å². The van der Waals surface area contributed by atoms with E-state index in [2.05, 4.69) is 24.1 Å². The molecule has 2 heterocycles. The van der Waals surface area contributed by atoms with Gasteiger partial charge in [-0.2, -0.15) is 0 Å². The average Bonchev–Trinajstić information content (AvgIpc) is 2.64. The molecule has 104 valence electrons. The lowest BCUT2D eigenvalue weighted by molar-refractivity contribution is -0.136. The number of amides is 1. The van der Waals surface area contributed by atoms with Crippen molar-refractivity contribution in [2.24, 2.45) is 17.8 Å². The van der Waals surface area contributed by atoms with Crippen molar-refractivity contribution < 1.29 is 4.79 Å². The fourth-order valence-corrected chi connectivity index (χ4v) is 3.33. The summed E-state index contributed by atoms with van der Waals surface area (Å²) in [6.07, 6.45) is 5.91. The molecular weight excluding hydrogens is 224 g/mol. The molecule has 0 spiro atoms. The second-order valence-electron chi connectivity index (χ2n) is 6.30. The highest BCUT2D eigenvalue weighted by atomic mass is 16.2. The van der Waals surface area contributed by atoms with Crippen LogP contribution in [0.3, 0.4) is 0 Å². The number of carbonyl (C=O) groups is 1. The van der Waals surface area contributed by atoms with E-state index in [1.54, 1.807) is 0 Å². The second kappa shape index (κ2) is 6.55. The van der Waals surface area contributed by atoms with E-state index in [-0.39, 0.29) is 5.92 Å². The van der Waals surface area contributed by atoms with Gasteiger partial charge in [-0.15, -0.1) is 0 Å². The number of carbonyl (C=O) groups excluding carboxylic acids is 1. The van der Waals surface area contributed by atoms with Gasteiger partial charge in [-0.3, -0.25) is 4.79 Å². The molecule has 2 atom stereocenters. The molecule has 0 saturated carbocycles. The summed E-state index contributed by atoms with van der Waals surface area (Å²) in [4.78, 5) is 14.6. The first-order valence-electron chi connectivity index (χ1n) is 7.68. The summed E-state index contributed by atoms with van der Waals surface area (Å²) < 4.78 is 0.